The van der Waals surface area contributed by atoms with E-state index in [2.05, 4.69) is 40.0 Å². The quantitative estimate of drug-likeness (QED) is 0.339. The Balaban J connectivity index is 1.73. The average Bonchev–Trinajstić information content (AvgIpc) is 3.49. The van der Waals surface area contributed by atoms with Gasteiger partial charge in [0.2, 0.25) is 21.9 Å². The standard InChI is InChI=1S/C21H25ClN10O3S/c1-12(18-23-9-15(22)10-24-18)14(3)36(33,34)30-21-28-27-20(16-7-6-8-17(26-16)35-5)32(21)13(2)19-25-11-31(4)29-19/h6-14H,1-5H3,(H,28,30)/t12-,13-,14-/m0/s1. The van der Waals surface area contributed by atoms with Gasteiger partial charge in [-0.05, 0) is 19.9 Å². The van der Waals surface area contributed by atoms with Crippen molar-refractivity contribution in [2.75, 3.05) is 11.8 Å². The Bertz CT molecular complexity index is 1450. The van der Waals surface area contributed by atoms with Gasteiger partial charge in [-0.1, -0.05) is 24.6 Å². The summed E-state index contributed by atoms with van der Waals surface area (Å²) in [6.45, 7) is 5.11. The average molecular weight is 533 g/mol. The number of aryl methyl sites for hydroxylation is 1. The number of rotatable bonds is 9. The molecule has 4 aromatic rings. The Morgan fingerprint density at radius 2 is 1.78 bits per heavy atom. The number of aromatic nitrogens is 9. The number of halogens is 1. The number of sulfonamides is 1. The van der Waals surface area contributed by atoms with Crippen LogP contribution in [0, 0.1) is 0 Å². The van der Waals surface area contributed by atoms with E-state index in [1.54, 1.807) is 54.7 Å². The van der Waals surface area contributed by atoms with E-state index in [9.17, 15) is 8.42 Å². The maximum Gasteiger partial charge on any atom is 0.239 e. The van der Waals surface area contributed by atoms with Gasteiger partial charge in [0.25, 0.3) is 0 Å². The molecular weight excluding hydrogens is 508 g/mol. The lowest BCUT2D eigenvalue weighted by Gasteiger charge is -2.21. The Hall–Kier alpha value is -3.65. The summed E-state index contributed by atoms with van der Waals surface area (Å²) in [4.78, 5) is 17.1. The maximum absolute atomic E-state index is 13.4. The molecule has 0 unspecified atom stereocenters. The second-order valence-corrected chi connectivity index (χ2v) is 10.6. The third-order valence-corrected chi connectivity index (χ3v) is 7.76. The predicted molar refractivity (Wildman–Crippen MR) is 132 cm³/mol. The second kappa shape index (κ2) is 10.1. The van der Waals surface area contributed by atoms with E-state index in [1.807, 2.05) is 6.92 Å². The molecule has 0 saturated heterocycles. The summed E-state index contributed by atoms with van der Waals surface area (Å²) >= 11 is 5.87. The lowest BCUT2D eigenvalue weighted by molar-refractivity contribution is 0.398. The molecule has 36 heavy (non-hydrogen) atoms. The highest BCUT2D eigenvalue weighted by molar-refractivity contribution is 7.93. The van der Waals surface area contributed by atoms with E-state index in [4.69, 9.17) is 16.3 Å². The normalized spacial score (nSPS) is 14.3. The molecule has 4 heterocycles. The van der Waals surface area contributed by atoms with E-state index in [1.165, 1.54) is 19.5 Å². The summed E-state index contributed by atoms with van der Waals surface area (Å²) in [5.74, 6) is 0.937. The van der Waals surface area contributed by atoms with Crippen LogP contribution in [0.1, 0.15) is 44.4 Å². The first-order valence-corrected chi connectivity index (χ1v) is 12.8. The lowest BCUT2D eigenvalue weighted by Crippen LogP contribution is -2.32. The van der Waals surface area contributed by atoms with Gasteiger partial charge in [0.1, 0.15) is 17.8 Å². The molecule has 0 saturated carbocycles. The molecule has 0 aliphatic heterocycles. The minimum Gasteiger partial charge on any atom is -0.481 e. The minimum absolute atomic E-state index is 0.00866. The van der Waals surface area contributed by atoms with E-state index in [0.29, 0.717) is 34.1 Å². The monoisotopic (exact) mass is 532 g/mol. The van der Waals surface area contributed by atoms with E-state index in [0.717, 1.165) is 0 Å². The fraction of sp³-hybridized carbons (Fsp3) is 0.381. The second-order valence-electron chi connectivity index (χ2n) is 8.14. The van der Waals surface area contributed by atoms with Crippen molar-refractivity contribution in [1.82, 2.24) is 44.5 Å². The van der Waals surface area contributed by atoms with Gasteiger partial charge in [0.15, 0.2) is 11.6 Å². The van der Waals surface area contributed by atoms with Gasteiger partial charge in [-0.25, -0.2) is 28.4 Å². The minimum atomic E-state index is -3.96. The molecule has 0 fully saturated rings. The summed E-state index contributed by atoms with van der Waals surface area (Å²) in [5.41, 5.74) is 0.436. The van der Waals surface area contributed by atoms with Crippen molar-refractivity contribution < 1.29 is 13.2 Å². The Morgan fingerprint density at radius 1 is 1.06 bits per heavy atom. The molecule has 13 nitrogen and oxygen atoms in total. The first-order chi connectivity index (χ1) is 17.1. The third kappa shape index (κ3) is 5.14. The molecule has 0 radical (unpaired) electrons. The molecule has 0 bridgehead atoms. The van der Waals surface area contributed by atoms with E-state index in [-0.39, 0.29) is 5.95 Å². The highest BCUT2D eigenvalue weighted by Crippen LogP contribution is 2.30. The zero-order chi connectivity index (χ0) is 26.0. The molecule has 0 aromatic carbocycles. The largest absolute Gasteiger partial charge is 0.481 e. The van der Waals surface area contributed by atoms with Crippen LogP contribution in [0.2, 0.25) is 5.02 Å². The summed E-state index contributed by atoms with van der Waals surface area (Å²) in [5, 5.41) is 12.2. The molecule has 1 N–H and O–H groups in total. The molecule has 4 aromatic heterocycles. The van der Waals surface area contributed by atoms with Crippen LogP contribution < -0.4 is 9.46 Å². The molecule has 4 rings (SSSR count). The van der Waals surface area contributed by atoms with Crippen LogP contribution >= 0.6 is 11.6 Å². The number of ether oxygens (including phenoxy) is 1. The summed E-state index contributed by atoms with van der Waals surface area (Å²) in [6, 6.07) is 4.64. The summed E-state index contributed by atoms with van der Waals surface area (Å²) in [6.07, 6.45) is 4.41. The fourth-order valence-corrected chi connectivity index (χ4v) is 4.81. The predicted octanol–water partition coefficient (Wildman–Crippen LogP) is 2.46. The van der Waals surface area contributed by atoms with Gasteiger partial charge in [0.05, 0.1) is 23.4 Å². The van der Waals surface area contributed by atoms with Crippen LogP contribution in [0.15, 0.2) is 36.9 Å². The Kier molecular flexibility index (Phi) is 7.17. The van der Waals surface area contributed by atoms with Gasteiger partial charge in [-0.2, -0.15) is 5.10 Å². The topological polar surface area (TPSA) is 155 Å². The highest BCUT2D eigenvalue weighted by Gasteiger charge is 2.32. The van der Waals surface area contributed by atoms with Gasteiger partial charge in [-0.15, -0.1) is 10.2 Å². The number of methoxy groups -OCH3 is 1. The SMILES string of the molecule is COc1cccc(-c2nnc(NS(=O)(=O)[C@@H](C)[C@H](C)c3ncc(Cl)cn3)n2[C@@H](C)c2ncn(C)n2)n1. The van der Waals surface area contributed by atoms with Crippen LogP contribution in [0.5, 0.6) is 5.88 Å². The van der Waals surface area contributed by atoms with Gasteiger partial charge in [-0.3, -0.25) is 14.0 Å². The van der Waals surface area contributed by atoms with Crippen molar-refractivity contribution in [3.8, 4) is 17.4 Å². The summed E-state index contributed by atoms with van der Waals surface area (Å²) in [7, 11) is -0.718. The first kappa shape index (κ1) is 25.4. The van der Waals surface area contributed by atoms with E-state index < -0.39 is 27.2 Å². The number of pyridine rings is 1. The van der Waals surface area contributed by atoms with Crippen molar-refractivity contribution in [3.63, 3.8) is 0 Å². The van der Waals surface area contributed by atoms with Crippen LogP contribution in [-0.2, 0) is 17.1 Å². The Morgan fingerprint density at radius 3 is 2.42 bits per heavy atom. The molecule has 0 amide bonds. The zero-order valence-corrected chi connectivity index (χ0v) is 21.8. The van der Waals surface area contributed by atoms with Crippen LogP contribution in [0.3, 0.4) is 0 Å². The van der Waals surface area contributed by atoms with Crippen molar-refractivity contribution in [1.29, 1.82) is 0 Å². The third-order valence-electron chi connectivity index (χ3n) is 5.71. The molecule has 190 valence electrons. The van der Waals surface area contributed by atoms with Crippen molar-refractivity contribution in [3.05, 3.63) is 53.6 Å². The smallest absolute Gasteiger partial charge is 0.239 e. The van der Waals surface area contributed by atoms with Crippen LogP contribution in [-0.4, -0.2) is 65.3 Å². The molecule has 0 spiro atoms. The highest BCUT2D eigenvalue weighted by atomic mass is 35.5. The first-order valence-electron chi connectivity index (χ1n) is 10.9. The number of nitrogens with one attached hydrogen (secondary N) is 1. The van der Waals surface area contributed by atoms with Crippen LogP contribution in [0.4, 0.5) is 5.95 Å². The Labute approximate surface area is 213 Å². The van der Waals surface area contributed by atoms with E-state index >= 15 is 0 Å². The van der Waals surface area contributed by atoms with Gasteiger partial charge >= 0.3 is 0 Å². The number of nitrogens with zero attached hydrogens (tertiary/aromatic N) is 9. The van der Waals surface area contributed by atoms with Crippen molar-refractivity contribution in [2.24, 2.45) is 7.05 Å². The van der Waals surface area contributed by atoms with Crippen LogP contribution in [0.25, 0.3) is 11.5 Å². The van der Waals surface area contributed by atoms with Gasteiger partial charge < -0.3 is 4.74 Å². The maximum atomic E-state index is 13.4. The fourth-order valence-electron chi connectivity index (χ4n) is 3.47. The van der Waals surface area contributed by atoms with Gasteiger partial charge in [0, 0.05) is 31.4 Å². The molecule has 0 aliphatic rings. The summed E-state index contributed by atoms with van der Waals surface area (Å²) < 4.78 is 37.8. The van der Waals surface area contributed by atoms with Crippen molar-refractivity contribution >= 4 is 27.6 Å². The molecule has 3 atom stereocenters. The molecule has 15 heteroatoms. The number of anilines is 1. The van der Waals surface area contributed by atoms with Crippen molar-refractivity contribution in [2.45, 2.75) is 38.0 Å². The molecular formula is C21H25ClN10O3S. The number of hydrogen-bond donors (Lipinski definition) is 1. The number of hydrogen-bond acceptors (Lipinski definition) is 10. The molecule has 0 aliphatic carbocycles. The lowest BCUT2D eigenvalue weighted by atomic mass is 10.1. The zero-order valence-electron chi connectivity index (χ0n) is 20.2.